The van der Waals surface area contributed by atoms with Gasteiger partial charge in [0.2, 0.25) is 8.32 Å². The second kappa shape index (κ2) is 7.99. The van der Waals surface area contributed by atoms with Crippen LogP contribution in [0.4, 0.5) is 0 Å². The van der Waals surface area contributed by atoms with Crippen LogP contribution in [0.25, 0.3) is 0 Å². The molecule has 0 radical (unpaired) electrons. The van der Waals surface area contributed by atoms with Crippen molar-refractivity contribution in [2.45, 2.75) is 82.5 Å². The number of carbonyl (C=O) groups excluding carboxylic acids is 2. The van der Waals surface area contributed by atoms with E-state index in [0.29, 0.717) is 19.3 Å². The lowest BCUT2D eigenvalue weighted by Crippen LogP contribution is -2.54. The van der Waals surface area contributed by atoms with E-state index in [-0.39, 0.29) is 45.8 Å². The summed E-state index contributed by atoms with van der Waals surface area (Å²) < 4.78 is 18.8. The summed E-state index contributed by atoms with van der Waals surface area (Å²) in [5, 5.41) is 0. The van der Waals surface area contributed by atoms with E-state index in [4.69, 9.17) is 13.9 Å². The summed E-state index contributed by atoms with van der Waals surface area (Å²) in [6, 6.07) is 8.61. The fourth-order valence-electron chi connectivity index (χ4n) is 9.93. The molecule has 1 spiro atoms. The maximum atomic E-state index is 14.0. The maximum absolute atomic E-state index is 14.0. The third kappa shape index (κ3) is 3.07. The minimum atomic E-state index is -2.01. The molecule has 5 aliphatic carbocycles. The van der Waals surface area contributed by atoms with Crippen molar-refractivity contribution in [3.63, 3.8) is 0 Å². The minimum absolute atomic E-state index is 0.0358. The van der Waals surface area contributed by atoms with Crippen molar-refractivity contribution in [1.82, 2.24) is 0 Å². The standard InChI is InChI=1S/C33H40O5Si/c1-30-14-6-7-15-31(30)18-19-33(30,21-8-10-22(36-2)11-9-21)28-25(38-39(3,4)5)20-23-27(29(28)31)24(34)12-16-32(23)17-13-26(35)37-32/h8-12,16,18-19,23,27,29H,6-7,13-15,17,20H2,1-5H3/t23-,27+,29+,30+,31-,32-,33-/m1/s1. The van der Waals surface area contributed by atoms with Crippen molar-refractivity contribution in [1.29, 1.82) is 0 Å². The van der Waals surface area contributed by atoms with Gasteiger partial charge in [-0.05, 0) is 73.3 Å². The number of hydrogen-bond donors (Lipinski definition) is 0. The van der Waals surface area contributed by atoms with E-state index in [1.807, 2.05) is 6.08 Å². The lowest BCUT2D eigenvalue weighted by atomic mass is 9.50. The van der Waals surface area contributed by atoms with Gasteiger partial charge in [-0.3, -0.25) is 9.59 Å². The molecular formula is C33H40O5Si. The fourth-order valence-corrected chi connectivity index (χ4v) is 10.9. The Kier molecular flexibility index (Phi) is 5.20. The largest absolute Gasteiger partial charge is 0.547 e. The molecule has 1 aromatic rings. The molecule has 5 nitrogen and oxygen atoms in total. The summed E-state index contributed by atoms with van der Waals surface area (Å²) in [6.07, 6.45) is 14.8. The Hall–Kier alpha value is -2.60. The molecule has 39 heavy (non-hydrogen) atoms. The van der Waals surface area contributed by atoms with Crippen LogP contribution in [0.3, 0.4) is 0 Å². The van der Waals surface area contributed by atoms with E-state index < -0.39 is 13.9 Å². The molecule has 1 aliphatic heterocycles. The average molecular weight is 545 g/mol. The normalized spacial score (nSPS) is 41.9. The maximum Gasteiger partial charge on any atom is 0.306 e. The predicted molar refractivity (Wildman–Crippen MR) is 152 cm³/mol. The first kappa shape index (κ1) is 25.4. The lowest BCUT2D eigenvalue weighted by molar-refractivity contribution is -0.156. The molecule has 6 heteroatoms. The molecular weight excluding hydrogens is 504 g/mol. The van der Waals surface area contributed by atoms with Crippen molar-refractivity contribution in [2.24, 2.45) is 28.6 Å². The molecule has 2 bridgehead atoms. The molecule has 2 saturated carbocycles. The third-order valence-electron chi connectivity index (χ3n) is 11.3. The lowest BCUT2D eigenvalue weighted by Gasteiger charge is -2.53. The SMILES string of the molecule is COc1ccc([C@@]23C=C[C@]4(CCCC[C@]24C)[C@@H]2C3=C(O[Si](C)(C)C)C[C@@H]3[C@H]2C(=O)C=C[C@@]32CCC(=O)O2)cc1. The highest BCUT2D eigenvalue weighted by Crippen LogP contribution is 2.81. The van der Waals surface area contributed by atoms with Crippen molar-refractivity contribution in [2.75, 3.05) is 7.11 Å². The molecule has 1 heterocycles. The molecule has 7 atom stereocenters. The first-order valence-electron chi connectivity index (χ1n) is 14.7. The molecule has 6 aliphatic rings. The molecule has 0 aromatic heterocycles. The van der Waals surface area contributed by atoms with Gasteiger partial charge in [-0.25, -0.2) is 0 Å². The molecule has 7 rings (SSSR count). The van der Waals surface area contributed by atoms with Gasteiger partial charge in [-0.1, -0.05) is 44.1 Å². The minimum Gasteiger partial charge on any atom is -0.547 e. The van der Waals surface area contributed by atoms with E-state index in [1.165, 1.54) is 17.6 Å². The van der Waals surface area contributed by atoms with E-state index >= 15 is 0 Å². The van der Waals surface area contributed by atoms with Gasteiger partial charge in [-0.15, -0.1) is 0 Å². The number of methoxy groups -OCH3 is 1. The predicted octanol–water partition coefficient (Wildman–Crippen LogP) is 6.66. The van der Waals surface area contributed by atoms with Crippen LogP contribution < -0.4 is 4.74 Å². The van der Waals surface area contributed by atoms with Gasteiger partial charge >= 0.3 is 5.97 Å². The number of carbonyl (C=O) groups is 2. The van der Waals surface area contributed by atoms with Crippen LogP contribution in [0, 0.1) is 28.6 Å². The number of hydrogen-bond acceptors (Lipinski definition) is 5. The third-order valence-corrected chi connectivity index (χ3v) is 12.2. The van der Waals surface area contributed by atoms with Crippen molar-refractivity contribution in [3.8, 4) is 5.75 Å². The number of allylic oxidation sites excluding steroid dienone is 5. The summed E-state index contributed by atoms with van der Waals surface area (Å²) in [4.78, 5) is 26.5. The van der Waals surface area contributed by atoms with Crippen LogP contribution >= 0.6 is 0 Å². The Morgan fingerprint density at radius 2 is 1.72 bits per heavy atom. The van der Waals surface area contributed by atoms with E-state index in [2.05, 4.69) is 63.0 Å². The van der Waals surface area contributed by atoms with Crippen LogP contribution in [0.5, 0.6) is 5.75 Å². The number of ketones is 1. The number of benzene rings is 1. The number of ether oxygens (including phenoxy) is 2. The Bertz CT molecular complexity index is 1350. The van der Waals surface area contributed by atoms with E-state index in [1.54, 1.807) is 13.2 Å². The highest BCUT2D eigenvalue weighted by Gasteiger charge is 2.78. The first-order chi connectivity index (χ1) is 18.5. The van der Waals surface area contributed by atoms with Gasteiger partial charge in [-0.2, -0.15) is 0 Å². The quantitative estimate of drug-likeness (QED) is 0.241. The van der Waals surface area contributed by atoms with Gasteiger partial charge in [0.1, 0.15) is 11.4 Å². The van der Waals surface area contributed by atoms with Gasteiger partial charge in [0.05, 0.1) is 12.9 Å². The molecule has 0 N–H and O–H groups in total. The van der Waals surface area contributed by atoms with Gasteiger partial charge < -0.3 is 13.9 Å². The summed E-state index contributed by atoms with van der Waals surface area (Å²) >= 11 is 0. The number of fused-ring (bicyclic) bond motifs is 5. The zero-order chi connectivity index (χ0) is 27.4. The molecule has 0 amide bonds. The summed E-state index contributed by atoms with van der Waals surface area (Å²) in [7, 11) is -0.299. The van der Waals surface area contributed by atoms with Crippen molar-refractivity contribution in [3.05, 3.63) is 65.5 Å². The number of esters is 1. The van der Waals surface area contributed by atoms with Gasteiger partial charge in [0.25, 0.3) is 0 Å². The summed E-state index contributed by atoms with van der Waals surface area (Å²) in [5.41, 5.74) is 1.34. The molecule has 206 valence electrons. The van der Waals surface area contributed by atoms with E-state index in [9.17, 15) is 9.59 Å². The monoisotopic (exact) mass is 544 g/mol. The highest BCUT2D eigenvalue weighted by atomic mass is 28.4. The fraction of sp³-hybridized carbons (Fsp3) is 0.576. The van der Waals surface area contributed by atoms with Crippen LogP contribution in [0.15, 0.2) is 59.9 Å². The number of rotatable bonds is 4. The zero-order valence-corrected chi connectivity index (χ0v) is 24.8. The van der Waals surface area contributed by atoms with Crippen molar-refractivity contribution >= 4 is 20.1 Å². The topological polar surface area (TPSA) is 61.8 Å². The van der Waals surface area contributed by atoms with Gasteiger partial charge in [0.15, 0.2) is 5.78 Å². The molecule has 3 fully saturated rings. The Morgan fingerprint density at radius 3 is 2.38 bits per heavy atom. The second-order valence-corrected chi connectivity index (χ2v) is 18.4. The zero-order valence-electron chi connectivity index (χ0n) is 23.8. The molecule has 1 saturated heterocycles. The average Bonchev–Trinajstić information content (AvgIpc) is 3.48. The molecule has 1 aromatic carbocycles. The first-order valence-corrected chi connectivity index (χ1v) is 18.1. The van der Waals surface area contributed by atoms with Crippen molar-refractivity contribution < 1.29 is 23.5 Å². The van der Waals surface area contributed by atoms with E-state index in [0.717, 1.165) is 30.8 Å². The smallest absolute Gasteiger partial charge is 0.306 e. The summed E-state index contributed by atoms with van der Waals surface area (Å²) in [6.45, 7) is 9.22. The summed E-state index contributed by atoms with van der Waals surface area (Å²) in [5.74, 6) is 1.68. The van der Waals surface area contributed by atoms with Crippen LogP contribution in [-0.4, -0.2) is 32.8 Å². The highest BCUT2D eigenvalue weighted by molar-refractivity contribution is 6.70. The Balaban J connectivity index is 1.52. The molecule has 0 unspecified atom stereocenters. The van der Waals surface area contributed by atoms with Crippen LogP contribution in [0.2, 0.25) is 19.6 Å². The Labute approximate surface area is 232 Å². The second-order valence-electron chi connectivity index (χ2n) is 14.0. The van der Waals surface area contributed by atoms with Crippen LogP contribution in [-0.2, 0) is 24.2 Å². The Morgan fingerprint density at radius 1 is 0.974 bits per heavy atom. The van der Waals surface area contributed by atoms with Gasteiger partial charge in [0, 0.05) is 47.8 Å². The van der Waals surface area contributed by atoms with Crippen LogP contribution in [0.1, 0.15) is 57.4 Å².